The summed E-state index contributed by atoms with van der Waals surface area (Å²) in [4.78, 5) is 12.8. The number of halogens is 1. The van der Waals surface area contributed by atoms with E-state index in [1.165, 1.54) is 10.4 Å². The van der Waals surface area contributed by atoms with Crippen LogP contribution in [0, 0.1) is 0 Å². The summed E-state index contributed by atoms with van der Waals surface area (Å²) < 4.78 is 27.1. The van der Waals surface area contributed by atoms with Gasteiger partial charge >= 0.3 is 0 Å². The van der Waals surface area contributed by atoms with Crippen molar-refractivity contribution in [1.29, 1.82) is 0 Å². The standard InChI is InChI=1S/C18H27N3O3S.ClH/c1-14-17(9-6-10-19-14)20-18(22)15-7-5-8-16(13-15)25(23,24)21-11-3-2-4-12-21;/h5,7-8,13-14,17,19H,2-4,6,9-12H2,1H3,(H,20,22);1H. The molecule has 0 aliphatic carbocycles. The average molecular weight is 402 g/mol. The Kier molecular flexibility index (Phi) is 7.46. The van der Waals surface area contributed by atoms with Crippen LogP contribution in [0.2, 0.25) is 0 Å². The number of amides is 1. The monoisotopic (exact) mass is 401 g/mol. The highest BCUT2D eigenvalue weighted by molar-refractivity contribution is 7.89. The van der Waals surface area contributed by atoms with Gasteiger partial charge in [-0.15, -0.1) is 12.4 Å². The van der Waals surface area contributed by atoms with Crippen molar-refractivity contribution in [1.82, 2.24) is 14.9 Å². The van der Waals surface area contributed by atoms with Crippen LogP contribution in [0.15, 0.2) is 29.2 Å². The van der Waals surface area contributed by atoms with Crippen LogP contribution in [0.25, 0.3) is 0 Å². The highest BCUT2D eigenvalue weighted by Gasteiger charge is 2.27. The summed E-state index contributed by atoms with van der Waals surface area (Å²) in [6.07, 6.45) is 4.82. The van der Waals surface area contributed by atoms with E-state index in [1.807, 2.05) is 0 Å². The van der Waals surface area contributed by atoms with E-state index < -0.39 is 10.0 Å². The maximum absolute atomic E-state index is 12.8. The Hall–Kier alpha value is -1.15. The second kappa shape index (κ2) is 9.17. The lowest BCUT2D eigenvalue weighted by molar-refractivity contribution is 0.0919. The number of sulfonamides is 1. The molecule has 2 aliphatic rings. The molecule has 8 heteroatoms. The van der Waals surface area contributed by atoms with E-state index in [-0.39, 0.29) is 35.3 Å². The first-order valence-electron chi connectivity index (χ1n) is 9.13. The van der Waals surface area contributed by atoms with Crippen molar-refractivity contribution in [2.45, 2.75) is 56.0 Å². The smallest absolute Gasteiger partial charge is 0.251 e. The Morgan fingerprint density at radius 3 is 2.62 bits per heavy atom. The number of nitrogens with zero attached hydrogens (tertiary/aromatic N) is 1. The first kappa shape index (κ1) is 21.2. The van der Waals surface area contributed by atoms with Crippen LogP contribution in [0.4, 0.5) is 0 Å². The Bertz CT molecular complexity index is 720. The molecule has 146 valence electrons. The first-order chi connectivity index (χ1) is 12.0. The Morgan fingerprint density at radius 2 is 1.92 bits per heavy atom. The molecule has 2 fully saturated rings. The van der Waals surface area contributed by atoms with Gasteiger partial charge in [-0.25, -0.2) is 8.42 Å². The third-order valence-corrected chi connectivity index (χ3v) is 7.02. The summed E-state index contributed by atoms with van der Waals surface area (Å²) in [6, 6.07) is 6.69. The third kappa shape index (κ3) is 4.76. The molecule has 0 spiro atoms. The molecule has 1 aromatic rings. The van der Waals surface area contributed by atoms with E-state index in [2.05, 4.69) is 17.6 Å². The van der Waals surface area contributed by atoms with Crippen molar-refractivity contribution >= 4 is 28.3 Å². The van der Waals surface area contributed by atoms with E-state index in [4.69, 9.17) is 0 Å². The Labute approximate surface area is 162 Å². The number of piperidine rings is 2. The zero-order valence-electron chi connectivity index (χ0n) is 15.1. The number of rotatable bonds is 4. The van der Waals surface area contributed by atoms with Gasteiger partial charge in [0.1, 0.15) is 0 Å². The zero-order chi connectivity index (χ0) is 17.9. The maximum Gasteiger partial charge on any atom is 0.251 e. The fraction of sp³-hybridized carbons (Fsp3) is 0.611. The number of nitrogens with one attached hydrogen (secondary N) is 2. The van der Waals surface area contributed by atoms with Gasteiger partial charge in [-0.2, -0.15) is 4.31 Å². The largest absolute Gasteiger partial charge is 0.348 e. The van der Waals surface area contributed by atoms with Crippen molar-refractivity contribution < 1.29 is 13.2 Å². The van der Waals surface area contributed by atoms with Crippen LogP contribution < -0.4 is 10.6 Å². The van der Waals surface area contributed by atoms with Crippen LogP contribution in [0.1, 0.15) is 49.4 Å². The molecule has 6 nitrogen and oxygen atoms in total. The molecular formula is C18H28ClN3O3S. The van der Waals surface area contributed by atoms with E-state index in [0.717, 1.165) is 38.6 Å². The minimum Gasteiger partial charge on any atom is -0.348 e. The summed E-state index contributed by atoms with van der Waals surface area (Å²) in [7, 11) is -3.52. The topological polar surface area (TPSA) is 78.5 Å². The molecule has 0 bridgehead atoms. The van der Waals surface area contributed by atoms with Crippen molar-refractivity contribution in [2.75, 3.05) is 19.6 Å². The number of benzene rings is 1. The van der Waals surface area contributed by atoms with E-state index in [1.54, 1.807) is 18.2 Å². The quantitative estimate of drug-likeness (QED) is 0.810. The summed E-state index contributed by atoms with van der Waals surface area (Å²) >= 11 is 0. The van der Waals surface area contributed by atoms with Crippen molar-refractivity contribution in [3.05, 3.63) is 29.8 Å². The number of hydrogen-bond donors (Lipinski definition) is 2. The molecule has 2 aliphatic heterocycles. The van der Waals surface area contributed by atoms with Crippen LogP contribution in [0.5, 0.6) is 0 Å². The highest BCUT2D eigenvalue weighted by Crippen LogP contribution is 2.21. The van der Waals surface area contributed by atoms with Gasteiger partial charge in [0.25, 0.3) is 5.91 Å². The maximum atomic E-state index is 12.8. The fourth-order valence-electron chi connectivity index (χ4n) is 3.54. The van der Waals surface area contributed by atoms with Gasteiger partial charge < -0.3 is 10.6 Å². The Morgan fingerprint density at radius 1 is 1.19 bits per heavy atom. The first-order valence-corrected chi connectivity index (χ1v) is 10.6. The van der Waals surface area contributed by atoms with Gasteiger partial charge in [0.15, 0.2) is 0 Å². The summed E-state index contributed by atoms with van der Waals surface area (Å²) in [6.45, 7) is 4.15. The molecule has 2 saturated heterocycles. The van der Waals surface area contributed by atoms with E-state index in [9.17, 15) is 13.2 Å². The fourth-order valence-corrected chi connectivity index (χ4v) is 5.11. The van der Waals surface area contributed by atoms with Gasteiger partial charge in [0, 0.05) is 30.7 Å². The molecule has 1 aromatic carbocycles. The Balaban J connectivity index is 0.00000243. The molecule has 0 radical (unpaired) electrons. The van der Waals surface area contributed by atoms with Gasteiger partial charge in [-0.1, -0.05) is 12.5 Å². The second-order valence-corrected chi connectivity index (χ2v) is 8.90. The predicted molar refractivity (Wildman–Crippen MR) is 104 cm³/mol. The third-order valence-electron chi connectivity index (χ3n) is 5.13. The lowest BCUT2D eigenvalue weighted by atomic mass is 9.99. The molecule has 2 N–H and O–H groups in total. The predicted octanol–water partition coefficient (Wildman–Crippen LogP) is 2.15. The van der Waals surface area contributed by atoms with Crippen LogP contribution >= 0.6 is 12.4 Å². The number of carbonyl (C=O) groups is 1. The minimum atomic E-state index is -3.52. The van der Waals surface area contributed by atoms with Crippen molar-refractivity contribution in [3.63, 3.8) is 0 Å². The minimum absolute atomic E-state index is 0. The van der Waals surface area contributed by atoms with Crippen LogP contribution in [-0.4, -0.2) is 50.3 Å². The molecule has 2 atom stereocenters. The van der Waals surface area contributed by atoms with Gasteiger partial charge in [0.2, 0.25) is 10.0 Å². The summed E-state index contributed by atoms with van der Waals surface area (Å²) in [5.74, 6) is -0.212. The molecule has 0 saturated carbocycles. The molecule has 2 heterocycles. The molecule has 0 aromatic heterocycles. The molecule has 3 rings (SSSR count). The SMILES string of the molecule is CC1NCCCC1NC(=O)c1cccc(S(=O)(=O)N2CCCCC2)c1.Cl. The normalized spacial score (nSPS) is 24.5. The lowest BCUT2D eigenvalue weighted by Crippen LogP contribution is -2.51. The molecule has 2 unspecified atom stereocenters. The summed E-state index contributed by atoms with van der Waals surface area (Å²) in [5.41, 5.74) is 0.399. The van der Waals surface area contributed by atoms with Crippen LogP contribution in [-0.2, 0) is 10.0 Å². The molecular weight excluding hydrogens is 374 g/mol. The zero-order valence-corrected chi connectivity index (χ0v) is 16.7. The van der Waals surface area contributed by atoms with Gasteiger partial charge in [-0.3, -0.25) is 4.79 Å². The highest BCUT2D eigenvalue weighted by atomic mass is 35.5. The molecule has 26 heavy (non-hydrogen) atoms. The van der Waals surface area contributed by atoms with E-state index in [0.29, 0.717) is 18.7 Å². The number of hydrogen-bond acceptors (Lipinski definition) is 4. The van der Waals surface area contributed by atoms with Crippen molar-refractivity contribution in [2.24, 2.45) is 0 Å². The van der Waals surface area contributed by atoms with E-state index >= 15 is 0 Å². The lowest BCUT2D eigenvalue weighted by Gasteiger charge is -2.30. The van der Waals surface area contributed by atoms with Crippen LogP contribution in [0.3, 0.4) is 0 Å². The summed E-state index contributed by atoms with van der Waals surface area (Å²) in [5, 5.41) is 6.38. The second-order valence-electron chi connectivity index (χ2n) is 6.96. The molecule has 1 amide bonds. The van der Waals surface area contributed by atoms with Gasteiger partial charge in [-0.05, 0) is 57.4 Å². The van der Waals surface area contributed by atoms with Gasteiger partial charge in [0.05, 0.1) is 4.90 Å². The van der Waals surface area contributed by atoms with Crippen molar-refractivity contribution in [3.8, 4) is 0 Å². The number of carbonyl (C=O) groups excluding carboxylic acids is 1. The average Bonchev–Trinajstić information content (AvgIpc) is 2.64.